The Morgan fingerprint density at radius 3 is 2.61 bits per heavy atom. The largest absolute Gasteiger partial charge is 0.383 e. The lowest BCUT2D eigenvalue weighted by atomic mass is 10.00. The first-order valence-electron chi connectivity index (χ1n) is 16.9. The quantitative estimate of drug-likeness (QED) is 0.199. The zero-order valence-electron chi connectivity index (χ0n) is 28.2. The second-order valence-corrected chi connectivity index (χ2v) is 14.3. The monoisotopic (exact) mass is 708 g/mol. The maximum atomic E-state index is 15.1. The van der Waals surface area contributed by atoms with E-state index in [2.05, 4.69) is 42.6 Å². The number of rotatable bonds is 9. The van der Waals surface area contributed by atoms with Crippen LogP contribution in [-0.2, 0) is 11.8 Å². The van der Waals surface area contributed by atoms with E-state index in [9.17, 15) is 4.79 Å². The fourth-order valence-corrected chi connectivity index (χ4v) is 8.97. The molecule has 2 fully saturated rings. The van der Waals surface area contributed by atoms with E-state index in [0.29, 0.717) is 59.4 Å². The number of methoxy groups -OCH3 is 1. The molecule has 4 aromatic rings. The number of hydrogen-bond acceptors (Lipinski definition) is 11. The summed E-state index contributed by atoms with van der Waals surface area (Å²) in [4.78, 5) is 40.2. The molecule has 15 heteroatoms. The Kier molecular flexibility index (Phi) is 9.96. The number of nitrogens with zero attached hydrogens (tertiary/aromatic N) is 9. The summed E-state index contributed by atoms with van der Waals surface area (Å²) in [6.07, 6.45) is 1.57. The van der Waals surface area contributed by atoms with Crippen LogP contribution < -0.4 is 16.3 Å². The molecule has 7 rings (SSSR count). The van der Waals surface area contributed by atoms with Crippen LogP contribution in [0.25, 0.3) is 33.1 Å². The lowest BCUT2D eigenvalue weighted by Gasteiger charge is -2.38. The number of ether oxygens (including phenoxy) is 1. The summed E-state index contributed by atoms with van der Waals surface area (Å²) in [6.45, 7) is 10.4. The van der Waals surface area contributed by atoms with Crippen LogP contribution in [0, 0.1) is 5.82 Å². The van der Waals surface area contributed by atoms with Gasteiger partial charge in [0.15, 0.2) is 0 Å². The number of aryl methyl sites for hydroxylation is 1. The number of halogens is 2. The summed E-state index contributed by atoms with van der Waals surface area (Å²) in [6, 6.07) is 7.91. The average Bonchev–Trinajstić information content (AvgIpc) is 3.41. The minimum Gasteiger partial charge on any atom is -0.383 e. The van der Waals surface area contributed by atoms with Crippen molar-refractivity contribution in [1.82, 2.24) is 28.9 Å². The van der Waals surface area contributed by atoms with Crippen LogP contribution in [0.1, 0.15) is 25.8 Å². The third-order valence-corrected chi connectivity index (χ3v) is 11.6. The number of aromatic nitrogens is 4. The Labute approximate surface area is 293 Å². The number of nitrogen functional groups attached to an aromatic ring is 1. The molecule has 0 bridgehead atoms. The standard InChI is InChI=1S/C34H42ClFN10O2S/c1-4-43-12-14-44(15-13-43)18-22-19-49-31-27(23-5-6-26(36)30-28(23)40-33(37)42(30)2)25(35)17-24-29(31)46(22)34(47)41-32(24)45-10-7-21(8-11-45)39-20-38-9-16-48-3/h5-6,17,21-22H,4,7-16,18-19H2,1-3H3,(H2,37,40)/t22-/m0/s1. The van der Waals surface area contributed by atoms with Gasteiger partial charge in [-0.05, 0) is 37.6 Å². The highest BCUT2D eigenvalue weighted by Gasteiger charge is 2.33. The van der Waals surface area contributed by atoms with Crippen molar-refractivity contribution in [3.05, 3.63) is 39.5 Å². The maximum absolute atomic E-state index is 15.1. The molecule has 2 saturated heterocycles. The predicted molar refractivity (Wildman–Crippen MR) is 195 cm³/mol. The normalized spacial score (nSPS) is 19.1. The fraction of sp³-hybridized carbons (Fsp3) is 0.529. The predicted octanol–water partition coefficient (Wildman–Crippen LogP) is 4.40. The van der Waals surface area contributed by atoms with Crippen LogP contribution in [0.2, 0.25) is 5.02 Å². The van der Waals surface area contributed by atoms with Gasteiger partial charge >= 0.3 is 5.69 Å². The minimum atomic E-state index is -0.413. The number of likely N-dealkylation sites (N-methyl/N-ethyl adjacent to an activating group) is 1. The second kappa shape index (κ2) is 14.4. The van der Waals surface area contributed by atoms with Gasteiger partial charge in [0.1, 0.15) is 22.7 Å². The minimum absolute atomic E-state index is 0.0764. The molecular formula is C34H42ClFN10O2S. The van der Waals surface area contributed by atoms with Crippen LogP contribution in [0.4, 0.5) is 16.2 Å². The van der Waals surface area contributed by atoms with Gasteiger partial charge in [-0.25, -0.2) is 24.2 Å². The zero-order valence-corrected chi connectivity index (χ0v) is 29.7. The Morgan fingerprint density at radius 1 is 1.12 bits per heavy atom. The highest BCUT2D eigenvalue weighted by molar-refractivity contribution is 7.99. The molecule has 0 radical (unpaired) electrons. The number of fused-ring (bicyclic) bond motifs is 1. The van der Waals surface area contributed by atoms with Gasteiger partial charge in [0.25, 0.3) is 0 Å². The van der Waals surface area contributed by atoms with Crippen molar-refractivity contribution < 1.29 is 9.13 Å². The zero-order chi connectivity index (χ0) is 34.2. The molecule has 2 aromatic carbocycles. The molecule has 0 spiro atoms. The highest BCUT2D eigenvalue weighted by Crippen LogP contribution is 2.49. The van der Waals surface area contributed by atoms with E-state index >= 15 is 4.39 Å². The number of nitrogens with two attached hydrogens (primary N) is 1. The van der Waals surface area contributed by atoms with Gasteiger partial charge in [0.05, 0.1) is 41.8 Å². The van der Waals surface area contributed by atoms with E-state index in [1.165, 1.54) is 6.07 Å². The average molecular weight is 709 g/mol. The summed E-state index contributed by atoms with van der Waals surface area (Å²) in [5, 5.41) is 1.32. The van der Waals surface area contributed by atoms with E-state index in [-0.39, 0.29) is 23.7 Å². The Morgan fingerprint density at radius 2 is 1.88 bits per heavy atom. The van der Waals surface area contributed by atoms with Crippen LogP contribution >= 0.6 is 23.4 Å². The van der Waals surface area contributed by atoms with Crippen molar-refractivity contribution in [1.29, 1.82) is 0 Å². The summed E-state index contributed by atoms with van der Waals surface area (Å²) in [5.74, 6) is 1.10. The summed E-state index contributed by atoms with van der Waals surface area (Å²) in [7, 11) is 3.34. The fourth-order valence-electron chi connectivity index (χ4n) is 7.28. The number of anilines is 2. The van der Waals surface area contributed by atoms with Crippen molar-refractivity contribution in [2.24, 2.45) is 17.0 Å². The summed E-state index contributed by atoms with van der Waals surface area (Å²) >= 11 is 8.90. The number of piperazine rings is 1. The molecule has 0 saturated carbocycles. The Hall–Kier alpha value is -3.52. The van der Waals surface area contributed by atoms with Crippen LogP contribution in [0.3, 0.4) is 0 Å². The van der Waals surface area contributed by atoms with Crippen LogP contribution in [0.15, 0.2) is 37.9 Å². The lowest BCUT2D eigenvalue weighted by Crippen LogP contribution is -2.49. The number of piperidine rings is 1. The highest BCUT2D eigenvalue weighted by atomic mass is 35.5. The third-order valence-electron chi connectivity index (χ3n) is 10.0. The molecule has 3 aliphatic rings. The summed E-state index contributed by atoms with van der Waals surface area (Å²) < 4.78 is 23.6. The molecule has 2 aromatic heterocycles. The number of thioether (sulfide) groups is 1. The lowest BCUT2D eigenvalue weighted by molar-refractivity contribution is 0.126. The third kappa shape index (κ3) is 6.46. The van der Waals surface area contributed by atoms with Crippen molar-refractivity contribution in [3.8, 4) is 11.1 Å². The van der Waals surface area contributed by atoms with Crippen molar-refractivity contribution >= 4 is 63.1 Å². The molecule has 0 amide bonds. The molecule has 0 unspecified atom stereocenters. The number of benzene rings is 2. The molecule has 1 atom stereocenters. The van der Waals surface area contributed by atoms with Gasteiger partial charge in [0, 0.05) is 87.1 Å². The summed E-state index contributed by atoms with van der Waals surface area (Å²) in [5.41, 5.74) is 8.86. The maximum Gasteiger partial charge on any atom is 0.350 e. The second-order valence-electron chi connectivity index (χ2n) is 12.9. The van der Waals surface area contributed by atoms with E-state index in [4.69, 9.17) is 27.1 Å². The van der Waals surface area contributed by atoms with E-state index in [1.807, 2.05) is 10.6 Å². The first kappa shape index (κ1) is 34.0. The number of hydrogen-bond donors (Lipinski definition) is 1. The van der Waals surface area contributed by atoms with Crippen LogP contribution in [0.5, 0.6) is 0 Å². The topological polar surface area (TPSA) is 122 Å². The van der Waals surface area contributed by atoms with Crippen molar-refractivity contribution in [3.63, 3.8) is 0 Å². The van der Waals surface area contributed by atoms with Gasteiger partial charge in [0.2, 0.25) is 5.95 Å². The molecule has 260 valence electrons. The van der Waals surface area contributed by atoms with Crippen molar-refractivity contribution in [2.45, 2.75) is 36.7 Å². The Balaban J connectivity index is 1.32. The molecule has 5 heterocycles. The molecule has 49 heavy (non-hydrogen) atoms. The molecule has 3 aliphatic heterocycles. The van der Waals surface area contributed by atoms with E-state index < -0.39 is 5.82 Å². The van der Waals surface area contributed by atoms with E-state index in [0.717, 1.165) is 73.5 Å². The molecule has 12 nitrogen and oxygen atoms in total. The first-order valence-corrected chi connectivity index (χ1v) is 18.3. The van der Waals surface area contributed by atoms with Gasteiger partial charge in [-0.1, -0.05) is 18.5 Å². The van der Waals surface area contributed by atoms with Crippen LogP contribution in [-0.4, -0.2) is 119 Å². The number of imidazole rings is 1. The molecular weight excluding hydrogens is 667 g/mol. The van der Waals surface area contributed by atoms with Gasteiger partial charge in [-0.3, -0.25) is 9.47 Å². The smallest absolute Gasteiger partial charge is 0.350 e. The first-order chi connectivity index (χ1) is 23.8. The van der Waals surface area contributed by atoms with Gasteiger partial charge in [-0.2, -0.15) is 4.98 Å². The van der Waals surface area contributed by atoms with Gasteiger partial charge in [-0.15, -0.1) is 11.8 Å². The molecule has 2 N–H and O–H groups in total. The number of aliphatic imine (C=N–C) groups is 2. The SMILES string of the molecule is CCN1CCN(C[C@H]2CSc3c(-c4ccc(F)c5c4nc(N)n5C)c(Cl)cc4c(N5CCC(N=C=NCCOC)CC5)nc(=O)n2c34)CC1. The van der Waals surface area contributed by atoms with Crippen molar-refractivity contribution in [2.75, 3.05) is 89.0 Å². The van der Waals surface area contributed by atoms with Gasteiger partial charge < -0.3 is 24.8 Å². The molecule has 0 aliphatic carbocycles. The Bertz CT molecular complexity index is 1990. The van der Waals surface area contributed by atoms with E-state index in [1.54, 1.807) is 36.6 Å².